The monoisotopic (exact) mass is 258 g/mol. The maximum absolute atomic E-state index is 5.17. The molecule has 0 aliphatic heterocycles. The Labute approximate surface area is 115 Å². The first kappa shape index (κ1) is 13.8. The third-order valence-electron chi connectivity index (χ3n) is 3.75. The lowest BCUT2D eigenvalue weighted by molar-refractivity contribution is 0.392. The van der Waals surface area contributed by atoms with Gasteiger partial charge in [-0.2, -0.15) is 0 Å². The normalized spacial score (nSPS) is 11.0. The average Bonchev–Trinajstić information content (AvgIpc) is 2.67. The van der Waals surface area contributed by atoms with Crippen LogP contribution in [0.15, 0.2) is 16.7 Å². The van der Waals surface area contributed by atoms with Crippen molar-refractivity contribution in [3.63, 3.8) is 0 Å². The third kappa shape index (κ3) is 3.04. The van der Waals surface area contributed by atoms with E-state index < -0.39 is 0 Å². The summed E-state index contributed by atoms with van der Waals surface area (Å²) in [5, 5.41) is 7.44. The Morgan fingerprint density at radius 3 is 2.26 bits per heavy atom. The van der Waals surface area contributed by atoms with Crippen molar-refractivity contribution in [2.75, 3.05) is 0 Å². The molecule has 2 rings (SSSR count). The predicted molar refractivity (Wildman–Crippen MR) is 77.2 cm³/mol. The van der Waals surface area contributed by atoms with Crippen molar-refractivity contribution in [1.82, 2.24) is 10.5 Å². The van der Waals surface area contributed by atoms with Gasteiger partial charge in [0.2, 0.25) is 0 Å². The molecule has 0 atom stereocenters. The molecule has 3 heteroatoms. The van der Waals surface area contributed by atoms with Crippen LogP contribution in [0.4, 0.5) is 0 Å². The number of aryl methyl sites for hydroxylation is 5. The summed E-state index contributed by atoms with van der Waals surface area (Å²) >= 11 is 0. The molecule has 1 N–H and O–H groups in total. The summed E-state index contributed by atoms with van der Waals surface area (Å²) in [6.07, 6.45) is 0. The highest BCUT2D eigenvalue weighted by Gasteiger charge is 2.08. The van der Waals surface area contributed by atoms with Gasteiger partial charge in [0.25, 0.3) is 0 Å². The summed E-state index contributed by atoms with van der Waals surface area (Å²) in [5.41, 5.74) is 7.54. The van der Waals surface area contributed by atoms with E-state index >= 15 is 0 Å². The van der Waals surface area contributed by atoms with E-state index in [1.807, 2.05) is 13.8 Å². The molecular weight excluding hydrogens is 236 g/mol. The second-order valence-electron chi connectivity index (χ2n) is 5.27. The van der Waals surface area contributed by atoms with Gasteiger partial charge >= 0.3 is 0 Å². The Morgan fingerprint density at radius 1 is 0.947 bits per heavy atom. The second kappa shape index (κ2) is 5.57. The van der Waals surface area contributed by atoms with Crippen molar-refractivity contribution in [3.8, 4) is 0 Å². The number of nitrogens with one attached hydrogen (secondary N) is 1. The molecule has 0 unspecified atom stereocenters. The van der Waals surface area contributed by atoms with Crippen LogP contribution >= 0.6 is 0 Å². The topological polar surface area (TPSA) is 38.1 Å². The molecule has 102 valence electrons. The highest BCUT2D eigenvalue weighted by Crippen LogP contribution is 2.16. The van der Waals surface area contributed by atoms with Crippen molar-refractivity contribution in [1.29, 1.82) is 0 Å². The van der Waals surface area contributed by atoms with Gasteiger partial charge in [0.05, 0.1) is 5.69 Å². The fraction of sp³-hybridized carbons (Fsp3) is 0.438. The zero-order valence-electron chi connectivity index (χ0n) is 12.4. The van der Waals surface area contributed by atoms with Crippen LogP contribution < -0.4 is 5.32 Å². The summed E-state index contributed by atoms with van der Waals surface area (Å²) in [6, 6.07) is 4.52. The Hall–Kier alpha value is -1.61. The molecule has 0 saturated heterocycles. The molecule has 0 aliphatic carbocycles. The van der Waals surface area contributed by atoms with Gasteiger partial charge in [0.15, 0.2) is 0 Å². The van der Waals surface area contributed by atoms with E-state index in [2.05, 4.69) is 43.4 Å². The Morgan fingerprint density at radius 2 is 1.63 bits per heavy atom. The van der Waals surface area contributed by atoms with Crippen LogP contribution in [0, 0.1) is 34.6 Å². The Balaban J connectivity index is 2.02. The molecule has 1 aromatic heterocycles. The summed E-state index contributed by atoms with van der Waals surface area (Å²) in [7, 11) is 0. The first-order valence-electron chi connectivity index (χ1n) is 6.68. The van der Waals surface area contributed by atoms with E-state index in [-0.39, 0.29) is 0 Å². The quantitative estimate of drug-likeness (QED) is 0.912. The van der Waals surface area contributed by atoms with Crippen LogP contribution in [-0.2, 0) is 13.1 Å². The SMILES string of the molecule is Cc1cc(C)c(CNCc2c(C)noc2C)cc1C. The lowest BCUT2D eigenvalue weighted by Crippen LogP contribution is -2.14. The number of hydrogen-bond donors (Lipinski definition) is 1. The van der Waals surface area contributed by atoms with Gasteiger partial charge in [0, 0.05) is 18.7 Å². The molecular formula is C16H22N2O. The van der Waals surface area contributed by atoms with Gasteiger partial charge in [-0.05, 0) is 56.9 Å². The molecule has 3 nitrogen and oxygen atoms in total. The first-order chi connectivity index (χ1) is 8.99. The third-order valence-corrected chi connectivity index (χ3v) is 3.75. The molecule has 0 radical (unpaired) electrons. The maximum atomic E-state index is 5.17. The molecule has 0 fully saturated rings. The summed E-state index contributed by atoms with van der Waals surface area (Å²) in [5.74, 6) is 0.904. The van der Waals surface area contributed by atoms with E-state index in [1.165, 1.54) is 27.8 Å². The van der Waals surface area contributed by atoms with Crippen molar-refractivity contribution < 1.29 is 4.52 Å². The largest absolute Gasteiger partial charge is 0.361 e. The molecule has 0 amide bonds. The van der Waals surface area contributed by atoms with Gasteiger partial charge in [-0.3, -0.25) is 0 Å². The lowest BCUT2D eigenvalue weighted by Gasteiger charge is -2.11. The van der Waals surface area contributed by atoms with Crippen LogP contribution in [0.25, 0.3) is 0 Å². The van der Waals surface area contributed by atoms with Crippen molar-refractivity contribution >= 4 is 0 Å². The van der Waals surface area contributed by atoms with E-state index in [1.54, 1.807) is 0 Å². The van der Waals surface area contributed by atoms with E-state index in [4.69, 9.17) is 4.52 Å². The van der Waals surface area contributed by atoms with E-state index in [9.17, 15) is 0 Å². The number of benzene rings is 1. The minimum absolute atomic E-state index is 0.799. The van der Waals surface area contributed by atoms with Crippen LogP contribution in [0.1, 0.15) is 39.3 Å². The standard InChI is InChI=1S/C16H22N2O/c1-10-6-12(3)15(7-11(10)2)8-17-9-16-13(4)18-19-14(16)5/h6-7,17H,8-9H2,1-5H3. The lowest BCUT2D eigenvalue weighted by atomic mass is 10.0. The Kier molecular flexibility index (Phi) is 4.05. The highest BCUT2D eigenvalue weighted by atomic mass is 16.5. The fourth-order valence-corrected chi connectivity index (χ4v) is 2.29. The molecule has 2 aromatic rings. The first-order valence-corrected chi connectivity index (χ1v) is 6.68. The highest BCUT2D eigenvalue weighted by molar-refractivity contribution is 5.36. The van der Waals surface area contributed by atoms with Gasteiger partial charge in [-0.25, -0.2) is 0 Å². The van der Waals surface area contributed by atoms with Gasteiger partial charge in [-0.1, -0.05) is 17.3 Å². The van der Waals surface area contributed by atoms with Crippen molar-refractivity contribution in [3.05, 3.63) is 51.4 Å². The van der Waals surface area contributed by atoms with Crippen molar-refractivity contribution in [2.24, 2.45) is 0 Å². The van der Waals surface area contributed by atoms with Gasteiger partial charge < -0.3 is 9.84 Å². The average molecular weight is 258 g/mol. The zero-order chi connectivity index (χ0) is 14.0. The molecule has 0 spiro atoms. The molecule has 0 saturated carbocycles. The van der Waals surface area contributed by atoms with E-state index in [0.29, 0.717) is 0 Å². The fourth-order valence-electron chi connectivity index (χ4n) is 2.29. The Bertz CT molecular complexity index is 565. The van der Waals surface area contributed by atoms with Crippen LogP contribution in [0.5, 0.6) is 0 Å². The maximum Gasteiger partial charge on any atom is 0.138 e. The number of rotatable bonds is 4. The molecule has 0 aliphatic rings. The summed E-state index contributed by atoms with van der Waals surface area (Å²) in [4.78, 5) is 0. The number of nitrogens with zero attached hydrogens (tertiary/aromatic N) is 1. The van der Waals surface area contributed by atoms with Gasteiger partial charge in [-0.15, -0.1) is 0 Å². The molecule has 0 bridgehead atoms. The smallest absolute Gasteiger partial charge is 0.138 e. The molecule has 19 heavy (non-hydrogen) atoms. The molecule has 1 heterocycles. The predicted octanol–water partition coefficient (Wildman–Crippen LogP) is 3.51. The van der Waals surface area contributed by atoms with Gasteiger partial charge in [0.1, 0.15) is 5.76 Å². The minimum atomic E-state index is 0.799. The van der Waals surface area contributed by atoms with E-state index in [0.717, 1.165) is 24.5 Å². The summed E-state index contributed by atoms with van der Waals surface area (Å²) in [6.45, 7) is 12.1. The zero-order valence-corrected chi connectivity index (χ0v) is 12.4. The number of aromatic nitrogens is 1. The minimum Gasteiger partial charge on any atom is -0.361 e. The second-order valence-corrected chi connectivity index (χ2v) is 5.27. The van der Waals surface area contributed by atoms with Crippen LogP contribution in [0.3, 0.4) is 0 Å². The van der Waals surface area contributed by atoms with Crippen LogP contribution in [-0.4, -0.2) is 5.16 Å². The summed E-state index contributed by atoms with van der Waals surface area (Å²) < 4.78 is 5.17. The van der Waals surface area contributed by atoms with Crippen LogP contribution in [0.2, 0.25) is 0 Å². The number of hydrogen-bond acceptors (Lipinski definition) is 3. The molecule has 1 aromatic carbocycles. The van der Waals surface area contributed by atoms with Crippen molar-refractivity contribution in [2.45, 2.75) is 47.7 Å².